The maximum atomic E-state index is 13.4. The number of phenolic OH excluding ortho intramolecular Hbond substituents is 1. The van der Waals surface area contributed by atoms with E-state index in [-0.39, 0.29) is 11.3 Å². The number of hydrogen-bond donors (Lipinski definition) is 2. The van der Waals surface area contributed by atoms with Crippen LogP contribution >= 0.6 is 15.9 Å². The van der Waals surface area contributed by atoms with Crippen molar-refractivity contribution in [2.75, 3.05) is 32.9 Å². The van der Waals surface area contributed by atoms with Crippen LogP contribution in [0.4, 0.5) is 4.39 Å². The molecule has 102 valence electrons. The molecule has 1 aliphatic heterocycles. The SMILES string of the molecule is N#Cc1ccc(Br)c([C@@H](CF)N2CCNCC2)c1O. The zero-order chi connectivity index (χ0) is 13.8. The predicted molar refractivity (Wildman–Crippen MR) is 73.7 cm³/mol. The second-order valence-electron chi connectivity index (χ2n) is 4.43. The fourth-order valence-corrected chi connectivity index (χ4v) is 2.93. The highest BCUT2D eigenvalue weighted by Gasteiger charge is 2.27. The van der Waals surface area contributed by atoms with Crippen LogP contribution in [0.15, 0.2) is 16.6 Å². The van der Waals surface area contributed by atoms with Crippen LogP contribution in [0, 0.1) is 11.3 Å². The number of phenols is 1. The zero-order valence-corrected chi connectivity index (χ0v) is 12.0. The molecule has 0 spiro atoms. The van der Waals surface area contributed by atoms with Gasteiger partial charge in [0.25, 0.3) is 0 Å². The van der Waals surface area contributed by atoms with Gasteiger partial charge in [-0.25, -0.2) is 4.39 Å². The second kappa shape index (κ2) is 6.33. The summed E-state index contributed by atoms with van der Waals surface area (Å²) in [4.78, 5) is 1.98. The largest absolute Gasteiger partial charge is 0.506 e. The van der Waals surface area contributed by atoms with Crippen LogP contribution in [-0.4, -0.2) is 42.9 Å². The Hall–Kier alpha value is -1.16. The Balaban J connectivity index is 2.40. The quantitative estimate of drug-likeness (QED) is 0.890. The molecule has 0 saturated carbocycles. The molecule has 4 nitrogen and oxygen atoms in total. The molecule has 1 fully saturated rings. The molecule has 2 rings (SSSR count). The summed E-state index contributed by atoms with van der Waals surface area (Å²) in [5.41, 5.74) is 0.634. The lowest BCUT2D eigenvalue weighted by atomic mass is 10.0. The standard InChI is InChI=1S/C13H15BrFN3O/c14-10-2-1-9(8-16)13(19)12(10)11(7-15)18-5-3-17-4-6-18/h1-2,11,17,19H,3-7H2/t11-/m1/s1. The Bertz CT molecular complexity index is 497. The van der Waals surface area contributed by atoms with Gasteiger partial charge < -0.3 is 10.4 Å². The predicted octanol–water partition coefficient (Wildman–Crippen LogP) is 1.94. The Morgan fingerprint density at radius 2 is 2.16 bits per heavy atom. The fraction of sp³-hybridized carbons (Fsp3) is 0.462. The number of piperazine rings is 1. The molecule has 0 aromatic heterocycles. The van der Waals surface area contributed by atoms with E-state index in [9.17, 15) is 9.50 Å². The first kappa shape index (κ1) is 14.3. The van der Waals surface area contributed by atoms with E-state index in [1.54, 1.807) is 6.07 Å². The van der Waals surface area contributed by atoms with Gasteiger partial charge in [0.2, 0.25) is 0 Å². The lowest BCUT2D eigenvalue weighted by molar-refractivity contribution is 0.144. The zero-order valence-electron chi connectivity index (χ0n) is 10.4. The van der Waals surface area contributed by atoms with E-state index in [2.05, 4.69) is 21.2 Å². The van der Waals surface area contributed by atoms with E-state index >= 15 is 0 Å². The van der Waals surface area contributed by atoms with Crippen molar-refractivity contribution in [2.45, 2.75) is 6.04 Å². The average Bonchev–Trinajstić information content (AvgIpc) is 2.44. The van der Waals surface area contributed by atoms with Crippen LogP contribution in [-0.2, 0) is 0 Å². The van der Waals surface area contributed by atoms with Crippen molar-refractivity contribution >= 4 is 15.9 Å². The first-order valence-corrected chi connectivity index (χ1v) is 6.90. The Labute approximate surface area is 120 Å². The summed E-state index contributed by atoms with van der Waals surface area (Å²) in [6.07, 6.45) is 0. The molecule has 19 heavy (non-hydrogen) atoms. The van der Waals surface area contributed by atoms with Crippen LogP contribution in [0.25, 0.3) is 0 Å². The van der Waals surface area contributed by atoms with E-state index in [4.69, 9.17) is 5.26 Å². The van der Waals surface area contributed by atoms with Gasteiger partial charge in [0, 0.05) is 36.2 Å². The van der Waals surface area contributed by atoms with Crippen LogP contribution in [0.2, 0.25) is 0 Å². The summed E-state index contributed by atoms with van der Waals surface area (Å²) in [6.45, 7) is 2.44. The van der Waals surface area contributed by atoms with Gasteiger partial charge in [0.05, 0.1) is 11.6 Å². The van der Waals surface area contributed by atoms with E-state index in [1.807, 2.05) is 11.0 Å². The summed E-state index contributed by atoms with van der Waals surface area (Å²) < 4.78 is 14.1. The third-order valence-electron chi connectivity index (χ3n) is 3.36. The van der Waals surface area contributed by atoms with Gasteiger partial charge in [0.1, 0.15) is 18.5 Å². The van der Waals surface area contributed by atoms with Crippen molar-refractivity contribution in [2.24, 2.45) is 0 Å². The molecule has 0 bridgehead atoms. The van der Waals surface area contributed by atoms with Crippen molar-refractivity contribution in [3.8, 4) is 11.8 Å². The molecule has 0 amide bonds. The molecule has 1 aromatic carbocycles. The summed E-state index contributed by atoms with van der Waals surface area (Å²) in [5.74, 6) is -0.127. The van der Waals surface area contributed by atoms with Gasteiger partial charge in [-0.15, -0.1) is 0 Å². The van der Waals surface area contributed by atoms with Crippen molar-refractivity contribution < 1.29 is 9.50 Å². The lowest BCUT2D eigenvalue weighted by Crippen LogP contribution is -2.45. The first-order chi connectivity index (χ1) is 9.19. The Morgan fingerprint density at radius 1 is 1.47 bits per heavy atom. The van der Waals surface area contributed by atoms with Crippen LogP contribution in [0.1, 0.15) is 17.2 Å². The maximum absolute atomic E-state index is 13.4. The number of benzene rings is 1. The number of aromatic hydroxyl groups is 1. The lowest BCUT2D eigenvalue weighted by Gasteiger charge is -2.34. The molecule has 1 saturated heterocycles. The number of rotatable bonds is 3. The first-order valence-electron chi connectivity index (χ1n) is 6.11. The summed E-state index contributed by atoms with van der Waals surface area (Å²) in [5, 5.41) is 22.3. The monoisotopic (exact) mass is 327 g/mol. The minimum absolute atomic E-state index is 0.127. The van der Waals surface area contributed by atoms with Gasteiger partial charge in [-0.05, 0) is 12.1 Å². The minimum Gasteiger partial charge on any atom is -0.506 e. The van der Waals surface area contributed by atoms with Gasteiger partial charge in [-0.1, -0.05) is 15.9 Å². The third kappa shape index (κ3) is 2.89. The number of nitrogens with zero attached hydrogens (tertiary/aromatic N) is 2. The van der Waals surface area contributed by atoms with Gasteiger partial charge in [-0.3, -0.25) is 4.90 Å². The number of alkyl halides is 1. The molecule has 6 heteroatoms. The molecule has 0 aliphatic carbocycles. The highest BCUT2D eigenvalue weighted by atomic mass is 79.9. The highest BCUT2D eigenvalue weighted by Crippen LogP contribution is 2.37. The van der Waals surface area contributed by atoms with Crippen molar-refractivity contribution in [1.82, 2.24) is 10.2 Å². The number of nitrogens with one attached hydrogen (secondary N) is 1. The molecule has 0 unspecified atom stereocenters. The van der Waals surface area contributed by atoms with E-state index in [0.717, 1.165) is 26.2 Å². The molecule has 1 heterocycles. The molecule has 1 atom stereocenters. The van der Waals surface area contributed by atoms with Gasteiger partial charge in [0.15, 0.2) is 0 Å². The van der Waals surface area contributed by atoms with E-state index < -0.39 is 12.7 Å². The number of hydrogen-bond acceptors (Lipinski definition) is 4. The van der Waals surface area contributed by atoms with Gasteiger partial charge in [-0.2, -0.15) is 5.26 Å². The second-order valence-corrected chi connectivity index (χ2v) is 5.28. The molecule has 2 N–H and O–H groups in total. The van der Waals surface area contributed by atoms with E-state index in [0.29, 0.717) is 10.0 Å². The molecule has 1 aromatic rings. The Kier molecular flexibility index (Phi) is 4.75. The number of halogens is 2. The summed E-state index contributed by atoms with van der Waals surface area (Å²) >= 11 is 3.34. The van der Waals surface area contributed by atoms with Crippen LogP contribution in [0.3, 0.4) is 0 Å². The molecule has 1 aliphatic rings. The van der Waals surface area contributed by atoms with Crippen molar-refractivity contribution in [3.05, 3.63) is 27.7 Å². The smallest absolute Gasteiger partial charge is 0.139 e. The van der Waals surface area contributed by atoms with E-state index in [1.165, 1.54) is 6.07 Å². The average molecular weight is 328 g/mol. The summed E-state index contributed by atoms with van der Waals surface area (Å²) in [6, 6.07) is 4.60. The van der Waals surface area contributed by atoms with Crippen LogP contribution < -0.4 is 5.32 Å². The maximum Gasteiger partial charge on any atom is 0.139 e. The van der Waals surface area contributed by atoms with Crippen LogP contribution in [0.5, 0.6) is 5.75 Å². The highest BCUT2D eigenvalue weighted by molar-refractivity contribution is 9.10. The summed E-state index contributed by atoms with van der Waals surface area (Å²) in [7, 11) is 0. The Morgan fingerprint density at radius 3 is 2.74 bits per heavy atom. The molecule has 0 radical (unpaired) electrons. The number of nitriles is 1. The van der Waals surface area contributed by atoms with Crippen molar-refractivity contribution in [1.29, 1.82) is 5.26 Å². The fourth-order valence-electron chi connectivity index (χ4n) is 2.34. The van der Waals surface area contributed by atoms with Gasteiger partial charge >= 0.3 is 0 Å². The topological polar surface area (TPSA) is 59.3 Å². The molecular formula is C13H15BrFN3O. The normalized spacial score (nSPS) is 17.9. The molecular weight excluding hydrogens is 313 g/mol. The third-order valence-corrected chi connectivity index (χ3v) is 4.05. The minimum atomic E-state index is -0.596. The van der Waals surface area contributed by atoms with Crippen molar-refractivity contribution in [3.63, 3.8) is 0 Å².